The molecule has 1 heteroatoms. The van der Waals surface area contributed by atoms with Crippen LogP contribution < -0.4 is 0 Å². The van der Waals surface area contributed by atoms with Crippen molar-refractivity contribution in [1.29, 1.82) is 0 Å². The third-order valence-corrected chi connectivity index (χ3v) is 6.65. The summed E-state index contributed by atoms with van der Waals surface area (Å²) in [7, 11) is 0. The molecule has 0 spiro atoms. The molecule has 0 aliphatic heterocycles. The number of fused-ring (bicyclic) bond motifs is 5. The van der Waals surface area contributed by atoms with E-state index in [-0.39, 0.29) is 5.41 Å². The second-order valence-corrected chi connectivity index (χ2v) is 7.78. The van der Waals surface area contributed by atoms with E-state index in [1.165, 1.54) is 32.1 Å². The van der Waals surface area contributed by atoms with Crippen LogP contribution in [-0.4, -0.2) is 5.78 Å². The summed E-state index contributed by atoms with van der Waals surface area (Å²) in [4.78, 5) is 12.4. The van der Waals surface area contributed by atoms with Gasteiger partial charge in [-0.15, -0.1) is 0 Å². The van der Waals surface area contributed by atoms with Gasteiger partial charge in [0.1, 0.15) is 5.78 Å². The molecule has 0 saturated heterocycles. The first-order valence-corrected chi connectivity index (χ1v) is 8.06. The average molecular weight is 248 g/mol. The Balaban J connectivity index is 1.65. The van der Waals surface area contributed by atoms with Crippen molar-refractivity contribution in [2.75, 3.05) is 0 Å². The van der Waals surface area contributed by atoms with Crippen molar-refractivity contribution in [1.82, 2.24) is 0 Å². The Kier molecular flexibility index (Phi) is 3.07. The molecule has 2 bridgehead atoms. The molecule has 102 valence electrons. The third-order valence-electron chi connectivity index (χ3n) is 6.65. The second-order valence-electron chi connectivity index (χ2n) is 7.78. The summed E-state index contributed by atoms with van der Waals surface area (Å²) in [5.74, 6) is 5.24. The molecule has 0 aromatic rings. The number of hydrogen-bond donors (Lipinski definition) is 0. The van der Waals surface area contributed by atoms with Gasteiger partial charge in [0, 0.05) is 11.8 Å². The Morgan fingerprint density at radius 1 is 1.11 bits per heavy atom. The summed E-state index contributed by atoms with van der Waals surface area (Å²) < 4.78 is 0. The summed E-state index contributed by atoms with van der Waals surface area (Å²) in [5, 5.41) is 0. The minimum absolute atomic E-state index is 0.0864. The van der Waals surface area contributed by atoms with Gasteiger partial charge < -0.3 is 0 Å². The monoisotopic (exact) mass is 248 g/mol. The van der Waals surface area contributed by atoms with Crippen LogP contribution in [0.2, 0.25) is 0 Å². The predicted molar refractivity (Wildman–Crippen MR) is 74.2 cm³/mol. The van der Waals surface area contributed by atoms with Gasteiger partial charge in [-0.1, -0.05) is 27.2 Å². The molecule has 18 heavy (non-hydrogen) atoms. The fourth-order valence-electron chi connectivity index (χ4n) is 5.16. The molecule has 3 fully saturated rings. The number of ketones is 1. The molecule has 3 rings (SSSR count). The number of rotatable bonds is 4. The molecule has 5 unspecified atom stereocenters. The zero-order chi connectivity index (χ0) is 12.9. The maximum absolute atomic E-state index is 12.4. The van der Waals surface area contributed by atoms with Crippen molar-refractivity contribution in [3.63, 3.8) is 0 Å². The summed E-state index contributed by atoms with van der Waals surface area (Å²) in [6.07, 6.45) is 9.12. The quantitative estimate of drug-likeness (QED) is 0.718. The Bertz CT molecular complexity index is 344. The molecular weight excluding hydrogens is 220 g/mol. The topological polar surface area (TPSA) is 17.1 Å². The predicted octanol–water partition coefficient (Wildman–Crippen LogP) is 4.45. The van der Waals surface area contributed by atoms with E-state index in [1.54, 1.807) is 0 Å². The number of carbonyl (C=O) groups excluding carboxylic acids is 1. The fourth-order valence-corrected chi connectivity index (χ4v) is 5.16. The van der Waals surface area contributed by atoms with Gasteiger partial charge in [-0.05, 0) is 61.7 Å². The van der Waals surface area contributed by atoms with E-state index in [4.69, 9.17) is 0 Å². The van der Waals surface area contributed by atoms with Gasteiger partial charge in [-0.25, -0.2) is 0 Å². The van der Waals surface area contributed by atoms with Crippen LogP contribution in [0.4, 0.5) is 0 Å². The molecule has 3 aliphatic rings. The number of hydrogen-bond acceptors (Lipinski definition) is 1. The first-order chi connectivity index (χ1) is 8.53. The zero-order valence-corrected chi connectivity index (χ0v) is 12.2. The maximum atomic E-state index is 12.4. The van der Waals surface area contributed by atoms with Crippen LogP contribution >= 0.6 is 0 Å². The van der Waals surface area contributed by atoms with Gasteiger partial charge in [0.25, 0.3) is 0 Å². The van der Waals surface area contributed by atoms with Crippen LogP contribution in [0.15, 0.2) is 0 Å². The Hall–Kier alpha value is -0.330. The summed E-state index contributed by atoms with van der Waals surface area (Å²) in [6, 6.07) is 0. The van der Waals surface area contributed by atoms with E-state index >= 15 is 0 Å². The van der Waals surface area contributed by atoms with Crippen molar-refractivity contribution < 1.29 is 4.79 Å². The molecule has 0 aromatic carbocycles. The van der Waals surface area contributed by atoms with Gasteiger partial charge in [-0.3, -0.25) is 4.79 Å². The lowest BCUT2D eigenvalue weighted by Gasteiger charge is -2.33. The number of carbonyl (C=O) groups is 1. The first-order valence-electron chi connectivity index (χ1n) is 8.06. The third kappa shape index (κ3) is 1.85. The molecule has 3 aliphatic carbocycles. The Morgan fingerprint density at radius 3 is 2.56 bits per heavy atom. The smallest absolute Gasteiger partial charge is 0.138 e. The average Bonchev–Trinajstić information content (AvgIpc) is 2.99. The van der Waals surface area contributed by atoms with Gasteiger partial charge in [-0.2, -0.15) is 0 Å². The highest BCUT2D eigenvalue weighted by Crippen LogP contribution is 2.61. The highest BCUT2D eigenvalue weighted by Gasteiger charge is 2.54. The molecule has 0 N–H and O–H groups in total. The van der Waals surface area contributed by atoms with Crippen LogP contribution in [-0.2, 0) is 4.79 Å². The normalized spacial score (nSPS) is 42.3. The van der Waals surface area contributed by atoms with E-state index in [1.807, 2.05) is 0 Å². The molecular formula is C17H28O. The molecule has 1 nitrogen and oxygen atoms in total. The highest BCUT2D eigenvalue weighted by molar-refractivity contribution is 5.84. The Morgan fingerprint density at radius 2 is 1.83 bits per heavy atom. The van der Waals surface area contributed by atoms with E-state index in [0.29, 0.717) is 5.78 Å². The van der Waals surface area contributed by atoms with E-state index in [9.17, 15) is 4.79 Å². The lowest BCUT2D eigenvalue weighted by molar-refractivity contribution is -0.128. The van der Waals surface area contributed by atoms with Crippen molar-refractivity contribution in [2.45, 2.75) is 65.7 Å². The van der Waals surface area contributed by atoms with Crippen molar-refractivity contribution in [2.24, 2.45) is 35.0 Å². The standard InChI is InChI=1S/C17H28O/c1-4-17(2,3)16(18)10-12-8-11-9-15(12)14-7-5-6-13(11)14/h11-15H,4-10H2,1-3H3. The molecule has 0 amide bonds. The van der Waals surface area contributed by atoms with Gasteiger partial charge in [0.15, 0.2) is 0 Å². The first kappa shape index (κ1) is 12.7. The summed E-state index contributed by atoms with van der Waals surface area (Å²) in [5.41, 5.74) is -0.0864. The maximum Gasteiger partial charge on any atom is 0.138 e. The minimum atomic E-state index is -0.0864. The minimum Gasteiger partial charge on any atom is -0.299 e. The molecule has 0 heterocycles. The van der Waals surface area contributed by atoms with Crippen molar-refractivity contribution >= 4 is 5.78 Å². The van der Waals surface area contributed by atoms with Crippen LogP contribution in [0.1, 0.15) is 65.7 Å². The SMILES string of the molecule is CCC(C)(C)C(=O)CC1CC2CC1C1CCCC21. The molecule has 0 aromatic heterocycles. The van der Waals surface area contributed by atoms with E-state index in [2.05, 4.69) is 20.8 Å². The molecule has 5 atom stereocenters. The van der Waals surface area contributed by atoms with Gasteiger partial charge in [0.05, 0.1) is 0 Å². The van der Waals surface area contributed by atoms with Crippen molar-refractivity contribution in [3.05, 3.63) is 0 Å². The zero-order valence-electron chi connectivity index (χ0n) is 12.2. The molecule has 0 radical (unpaired) electrons. The van der Waals surface area contributed by atoms with E-state index < -0.39 is 0 Å². The summed E-state index contributed by atoms with van der Waals surface area (Å²) >= 11 is 0. The van der Waals surface area contributed by atoms with E-state index in [0.717, 1.165) is 42.4 Å². The second kappa shape index (κ2) is 4.35. The lowest BCUT2D eigenvalue weighted by atomic mass is 9.71. The van der Waals surface area contributed by atoms with Crippen LogP contribution in [0, 0.1) is 35.0 Å². The lowest BCUT2D eigenvalue weighted by Crippen LogP contribution is -2.30. The van der Waals surface area contributed by atoms with Crippen LogP contribution in [0.3, 0.4) is 0 Å². The van der Waals surface area contributed by atoms with Crippen LogP contribution in [0.25, 0.3) is 0 Å². The van der Waals surface area contributed by atoms with Gasteiger partial charge >= 0.3 is 0 Å². The number of Topliss-reactive ketones (excluding diaryl/α,β-unsaturated/α-hetero) is 1. The molecule has 3 saturated carbocycles. The highest BCUT2D eigenvalue weighted by atomic mass is 16.1. The van der Waals surface area contributed by atoms with Gasteiger partial charge in [0.2, 0.25) is 0 Å². The largest absolute Gasteiger partial charge is 0.299 e. The van der Waals surface area contributed by atoms with Crippen LogP contribution in [0.5, 0.6) is 0 Å². The summed E-state index contributed by atoms with van der Waals surface area (Å²) in [6.45, 7) is 6.40. The Labute approximate surface area is 112 Å². The fraction of sp³-hybridized carbons (Fsp3) is 0.941. The van der Waals surface area contributed by atoms with Crippen molar-refractivity contribution in [3.8, 4) is 0 Å².